The van der Waals surface area contributed by atoms with E-state index in [9.17, 15) is 0 Å². The summed E-state index contributed by atoms with van der Waals surface area (Å²) in [7, 11) is 0. The fourth-order valence-corrected chi connectivity index (χ4v) is 5.03. The Bertz CT molecular complexity index is 1860. The molecule has 0 amide bonds. The van der Waals surface area contributed by atoms with E-state index in [-0.39, 0.29) is 0 Å². The monoisotopic (exact) mass is 512 g/mol. The molecule has 0 aliphatic heterocycles. The predicted molar refractivity (Wildman–Crippen MR) is 162 cm³/mol. The van der Waals surface area contributed by atoms with Gasteiger partial charge in [-0.15, -0.1) is 0 Å². The van der Waals surface area contributed by atoms with E-state index in [1.807, 2.05) is 85.1 Å². The van der Waals surface area contributed by atoms with Crippen LogP contribution in [0.15, 0.2) is 146 Å². The molecule has 2 aromatic heterocycles. The topological polar surface area (TPSA) is 51.6 Å². The van der Waals surface area contributed by atoms with Gasteiger partial charge in [-0.25, -0.2) is 15.0 Å². The quantitative estimate of drug-likeness (QED) is 0.231. The van der Waals surface area contributed by atoms with Crippen molar-refractivity contribution < 1.29 is 0 Å². The zero-order valence-electron chi connectivity index (χ0n) is 21.6. The molecule has 4 nitrogen and oxygen atoms in total. The van der Waals surface area contributed by atoms with Gasteiger partial charge in [-0.05, 0) is 34.0 Å². The minimum absolute atomic E-state index is 0.647. The average Bonchev–Trinajstić information content (AvgIpc) is 3.05. The van der Waals surface area contributed by atoms with Crippen LogP contribution in [0.5, 0.6) is 0 Å². The van der Waals surface area contributed by atoms with Gasteiger partial charge in [0.1, 0.15) is 0 Å². The molecule has 0 N–H and O–H groups in total. The van der Waals surface area contributed by atoms with E-state index in [1.54, 1.807) is 0 Å². The van der Waals surface area contributed by atoms with Crippen LogP contribution in [0.2, 0.25) is 0 Å². The first-order valence-corrected chi connectivity index (χ1v) is 13.2. The van der Waals surface area contributed by atoms with Gasteiger partial charge in [0.25, 0.3) is 0 Å². The van der Waals surface area contributed by atoms with Gasteiger partial charge >= 0.3 is 0 Å². The third kappa shape index (κ3) is 4.52. The van der Waals surface area contributed by atoms with Crippen molar-refractivity contribution in [1.29, 1.82) is 0 Å². The van der Waals surface area contributed by atoms with Gasteiger partial charge in [0.05, 0.1) is 5.69 Å². The number of aromatic nitrogens is 4. The van der Waals surface area contributed by atoms with Crippen molar-refractivity contribution in [2.24, 2.45) is 0 Å². The molecule has 4 heteroatoms. The average molecular weight is 513 g/mol. The highest BCUT2D eigenvalue weighted by molar-refractivity contribution is 6.03. The summed E-state index contributed by atoms with van der Waals surface area (Å²) in [5.41, 5.74) is 7.06. The van der Waals surface area contributed by atoms with E-state index >= 15 is 0 Å². The van der Waals surface area contributed by atoms with Crippen molar-refractivity contribution in [2.75, 3.05) is 0 Å². The number of pyridine rings is 1. The largest absolute Gasteiger partial charge is 0.256 e. The summed E-state index contributed by atoms with van der Waals surface area (Å²) in [4.78, 5) is 19.5. The molecule has 0 aliphatic carbocycles. The van der Waals surface area contributed by atoms with Gasteiger partial charge in [0.15, 0.2) is 17.5 Å². The lowest BCUT2D eigenvalue weighted by Crippen LogP contribution is -2.01. The third-order valence-corrected chi connectivity index (χ3v) is 7.01. The van der Waals surface area contributed by atoms with Gasteiger partial charge in [-0.2, -0.15) is 0 Å². The Balaban J connectivity index is 1.46. The molecule has 0 fully saturated rings. The van der Waals surface area contributed by atoms with Crippen LogP contribution in [0.25, 0.3) is 67.3 Å². The highest BCUT2D eigenvalue weighted by Crippen LogP contribution is 2.38. The third-order valence-electron chi connectivity index (χ3n) is 7.01. The fraction of sp³-hybridized carbons (Fsp3) is 0. The second-order valence-corrected chi connectivity index (χ2v) is 9.54. The Labute approximate surface area is 232 Å². The second kappa shape index (κ2) is 10.4. The first kappa shape index (κ1) is 23.6. The number of hydrogen-bond donors (Lipinski definition) is 0. The van der Waals surface area contributed by atoms with Crippen LogP contribution < -0.4 is 0 Å². The number of hydrogen-bond acceptors (Lipinski definition) is 4. The molecule has 0 bridgehead atoms. The first-order valence-electron chi connectivity index (χ1n) is 13.2. The van der Waals surface area contributed by atoms with Crippen molar-refractivity contribution in [3.63, 3.8) is 0 Å². The molecule has 0 unspecified atom stereocenters. The summed E-state index contributed by atoms with van der Waals surface area (Å²) in [5, 5.41) is 2.23. The van der Waals surface area contributed by atoms with Gasteiger partial charge in [-0.3, -0.25) is 4.98 Å². The normalized spacial score (nSPS) is 11.0. The number of nitrogens with zero attached hydrogens (tertiary/aromatic N) is 4. The molecule has 2 heterocycles. The van der Waals surface area contributed by atoms with E-state index in [2.05, 4.69) is 65.6 Å². The maximum absolute atomic E-state index is 5.07. The zero-order chi connectivity index (χ0) is 26.7. The predicted octanol–water partition coefficient (Wildman–Crippen LogP) is 8.75. The van der Waals surface area contributed by atoms with Crippen LogP contribution in [-0.2, 0) is 0 Å². The minimum atomic E-state index is 0.647. The molecule has 0 aliphatic rings. The molecule has 7 rings (SSSR count). The smallest absolute Gasteiger partial charge is 0.165 e. The van der Waals surface area contributed by atoms with Gasteiger partial charge in [0, 0.05) is 28.5 Å². The van der Waals surface area contributed by atoms with Crippen molar-refractivity contribution >= 4 is 10.8 Å². The van der Waals surface area contributed by atoms with Gasteiger partial charge in [-0.1, -0.05) is 127 Å². The summed E-state index contributed by atoms with van der Waals surface area (Å²) in [5.74, 6) is 1.94. The number of rotatable bonds is 5. The first-order chi connectivity index (χ1) is 19.8. The lowest BCUT2D eigenvalue weighted by atomic mass is 9.93. The summed E-state index contributed by atoms with van der Waals surface area (Å²) >= 11 is 0. The molecular formula is C36H24N4. The summed E-state index contributed by atoms with van der Waals surface area (Å²) in [6, 6.07) is 47.4. The Morgan fingerprint density at radius 1 is 0.375 bits per heavy atom. The minimum Gasteiger partial charge on any atom is -0.256 e. The van der Waals surface area contributed by atoms with Crippen molar-refractivity contribution in [2.45, 2.75) is 0 Å². The summed E-state index contributed by atoms with van der Waals surface area (Å²) < 4.78 is 0. The van der Waals surface area contributed by atoms with E-state index in [1.165, 1.54) is 0 Å². The lowest BCUT2D eigenvalue weighted by Gasteiger charge is -2.15. The standard InChI is InChI=1S/C36H24N4/c1-3-12-28(13-4-1)34-38-35(29-14-5-2-6-15-29)40-36(39-34)33-30-16-8-7-11-25(30)22-23-31(33)26-18-20-27(21-19-26)32-17-9-10-24-37-32/h1-24H. The van der Waals surface area contributed by atoms with Crippen molar-refractivity contribution in [3.05, 3.63) is 146 Å². The van der Waals surface area contributed by atoms with E-state index < -0.39 is 0 Å². The van der Waals surface area contributed by atoms with Gasteiger partial charge in [0.2, 0.25) is 0 Å². The van der Waals surface area contributed by atoms with Crippen molar-refractivity contribution in [1.82, 2.24) is 19.9 Å². The lowest BCUT2D eigenvalue weighted by molar-refractivity contribution is 1.08. The Morgan fingerprint density at radius 2 is 0.950 bits per heavy atom. The summed E-state index contributed by atoms with van der Waals surface area (Å²) in [6.07, 6.45) is 1.82. The van der Waals surface area contributed by atoms with E-state index in [0.29, 0.717) is 17.5 Å². The van der Waals surface area contributed by atoms with Crippen LogP contribution in [0.3, 0.4) is 0 Å². The molecule has 0 saturated carbocycles. The molecule has 0 atom stereocenters. The number of benzene rings is 5. The Kier molecular flexibility index (Phi) is 6.11. The van der Waals surface area contributed by atoms with Crippen molar-refractivity contribution in [3.8, 4) is 56.5 Å². The molecule has 7 aromatic rings. The van der Waals surface area contributed by atoms with Crippen LogP contribution in [-0.4, -0.2) is 19.9 Å². The molecule has 0 spiro atoms. The highest BCUT2D eigenvalue weighted by atomic mass is 15.0. The van der Waals surface area contributed by atoms with E-state index in [0.717, 1.165) is 49.8 Å². The zero-order valence-corrected chi connectivity index (χ0v) is 21.6. The molecule has 188 valence electrons. The number of fused-ring (bicyclic) bond motifs is 1. The maximum Gasteiger partial charge on any atom is 0.165 e. The van der Waals surface area contributed by atoms with Crippen LogP contribution in [0.4, 0.5) is 0 Å². The molecule has 40 heavy (non-hydrogen) atoms. The summed E-state index contributed by atoms with van der Waals surface area (Å²) in [6.45, 7) is 0. The van der Waals surface area contributed by atoms with Crippen LogP contribution >= 0.6 is 0 Å². The SMILES string of the molecule is c1ccc(-c2nc(-c3ccccc3)nc(-c3c(-c4ccc(-c5ccccn5)cc4)ccc4ccccc34)n2)cc1. The van der Waals surface area contributed by atoms with E-state index in [4.69, 9.17) is 15.0 Å². The van der Waals surface area contributed by atoms with Gasteiger partial charge < -0.3 is 0 Å². The Morgan fingerprint density at radius 3 is 1.60 bits per heavy atom. The molecular weight excluding hydrogens is 488 g/mol. The fourth-order valence-electron chi connectivity index (χ4n) is 5.03. The second-order valence-electron chi connectivity index (χ2n) is 9.54. The molecule has 0 saturated heterocycles. The molecule has 5 aromatic carbocycles. The Hall–Kier alpha value is -5.48. The molecule has 0 radical (unpaired) electrons. The van der Waals surface area contributed by atoms with Crippen LogP contribution in [0, 0.1) is 0 Å². The maximum atomic E-state index is 5.07. The van der Waals surface area contributed by atoms with Crippen LogP contribution in [0.1, 0.15) is 0 Å². The highest BCUT2D eigenvalue weighted by Gasteiger charge is 2.18.